The molecule has 0 spiro atoms. The number of nitrogens with one attached hydrogen (secondary N) is 1. The van der Waals surface area contributed by atoms with Crippen LogP contribution in [0.15, 0.2) is 90.1 Å². The van der Waals surface area contributed by atoms with E-state index in [-0.39, 0.29) is 17.7 Å². The van der Waals surface area contributed by atoms with Gasteiger partial charge in [0.2, 0.25) is 11.1 Å². The van der Waals surface area contributed by atoms with Gasteiger partial charge in [-0.1, -0.05) is 84.6 Å². The zero-order valence-electron chi connectivity index (χ0n) is 17.5. The van der Waals surface area contributed by atoms with Gasteiger partial charge in [-0.25, -0.2) is 4.68 Å². The van der Waals surface area contributed by atoms with Crippen LogP contribution in [-0.2, 0) is 4.79 Å². The van der Waals surface area contributed by atoms with Gasteiger partial charge in [0.05, 0.1) is 24.5 Å². The molecule has 4 aromatic rings. The number of amides is 1. The first-order chi connectivity index (χ1) is 15.7. The molecule has 3 aromatic carbocycles. The molecule has 0 atom stereocenters. The fourth-order valence-electron chi connectivity index (χ4n) is 3.37. The topological polar surface area (TPSA) is 95.1 Å². The number of hydrogen-bond acceptors (Lipinski definition) is 6. The Hall–Kier alpha value is -3.78. The van der Waals surface area contributed by atoms with Crippen molar-refractivity contribution >= 4 is 17.7 Å². The van der Waals surface area contributed by atoms with Crippen molar-refractivity contribution in [2.75, 3.05) is 18.7 Å². The minimum Gasteiger partial charge on any atom is -0.496 e. The van der Waals surface area contributed by atoms with Crippen LogP contribution in [0.4, 0.5) is 0 Å². The number of aromatic nitrogens is 3. The smallest absolute Gasteiger partial charge is 0.231 e. The molecule has 4 rings (SSSR count). The highest BCUT2D eigenvalue weighted by atomic mass is 32.2. The molecule has 0 aliphatic rings. The quantitative estimate of drug-likeness (QED) is 0.317. The molecule has 8 heteroatoms. The van der Waals surface area contributed by atoms with Crippen molar-refractivity contribution in [3.05, 3.63) is 96.1 Å². The molecule has 0 aliphatic carbocycles. The maximum atomic E-state index is 12.8. The fourth-order valence-corrected chi connectivity index (χ4v) is 4.04. The normalized spacial score (nSPS) is 10.8. The van der Waals surface area contributed by atoms with E-state index in [1.807, 2.05) is 84.9 Å². The average molecular weight is 446 g/mol. The molecule has 7 nitrogen and oxygen atoms in total. The number of para-hydroxylation sites is 1. The number of hydrogen-bond donors (Lipinski definition) is 2. The molecule has 0 saturated heterocycles. The minimum atomic E-state index is -0.245. The third-order valence-electron chi connectivity index (χ3n) is 4.92. The average Bonchev–Trinajstić information content (AvgIpc) is 3.22. The standard InChI is InChI=1S/C24H23N5O2S/c1-31-20-15-9-8-14-19(20)23-27-28-24(29(23)25)32-16-21(30)26-22(17-10-4-2-5-11-17)18-12-6-3-7-13-18/h2-15,22H,16,25H2,1H3,(H,26,30). The van der Waals surface area contributed by atoms with Crippen LogP contribution in [0, 0.1) is 0 Å². The van der Waals surface area contributed by atoms with E-state index in [4.69, 9.17) is 10.6 Å². The van der Waals surface area contributed by atoms with Gasteiger partial charge < -0.3 is 15.9 Å². The third kappa shape index (κ3) is 4.76. The van der Waals surface area contributed by atoms with Gasteiger partial charge in [0, 0.05) is 0 Å². The van der Waals surface area contributed by atoms with E-state index in [0.29, 0.717) is 16.7 Å². The Kier molecular flexibility index (Phi) is 6.72. The van der Waals surface area contributed by atoms with Crippen molar-refractivity contribution in [2.45, 2.75) is 11.2 Å². The Morgan fingerprint density at radius 3 is 2.19 bits per heavy atom. The molecule has 1 amide bonds. The lowest BCUT2D eigenvalue weighted by Gasteiger charge is -2.19. The number of carbonyl (C=O) groups excluding carboxylic acids is 1. The molecule has 162 valence electrons. The van der Waals surface area contributed by atoms with Gasteiger partial charge in [0.25, 0.3) is 0 Å². The molecule has 0 aliphatic heterocycles. The number of nitrogens with two attached hydrogens (primary N) is 1. The van der Waals surface area contributed by atoms with Gasteiger partial charge in [0.1, 0.15) is 5.75 Å². The number of carbonyl (C=O) groups is 1. The van der Waals surface area contributed by atoms with E-state index in [1.54, 1.807) is 7.11 Å². The van der Waals surface area contributed by atoms with Crippen molar-refractivity contribution in [3.8, 4) is 17.1 Å². The van der Waals surface area contributed by atoms with Crippen LogP contribution in [-0.4, -0.2) is 33.6 Å². The number of benzene rings is 3. The SMILES string of the molecule is COc1ccccc1-c1nnc(SCC(=O)NC(c2ccccc2)c2ccccc2)n1N. The van der Waals surface area contributed by atoms with Gasteiger partial charge in [0.15, 0.2) is 5.82 Å². The van der Waals surface area contributed by atoms with Gasteiger partial charge in [-0.15, -0.1) is 10.2 Å². The summed E-state index contributed by atoms with van der Waals surface area (Å²) in [5, 5.41) is 11.9. The second-order valence-corrected chi connectivity index (χ2v) is 7.93. The Bertz CT molecular complexity index is 1140. The summed E-state index contributed by atoms with van der Waals surface area (Å²) in [5.41, 5.74) is 2.75. The summed E-state index contributed by atoms with van der Waals surface area (Å²) in [5.74, 6) is 7.35. The third-order valence-corrected chi connectivity index (χ3v) is 5.86. The molecule has 0 bridgehead atoms. The Morgan fingerprint density at radius 2 is 1.56 bits per heavy atom. The molecule has 0 saturated carbocycles. The predicted molar refractivity (Wildman–Crippen MR) is 126 cm³/mol. The van der Waals surface area contributed by atoms with Crippen molar-refractivity contribution in [3.63, 3.8) is 0 Å². The van der Waals surface area contributed by atoms with Crippen LogP contribution in [0.3, 0.4) is 0 Å². The second kappa shape index (κ2) is 10.0. The maximum Gasteiger partial charge on any atom is 0.231 e. The molecule has 1 aromatic heterocycles. The summed E-state index contributed by atoms with van der Waals surface area (Å²) in [6.07, 6.45) is 0. The van der Waals surface area contributed by atoms with E-state index < -0.39 is 0 Å². The van der Waals surface area contributed by atoms with Gasteiger partial charge in [-0.05, 0) is 23.3 Å². The van der Waals surface area contributed by atoms with Crippen LogP contribution in [0.1, 0.15) is 17.2 Å². The van der Waals surface area contributed by atoms with E-state index >= 15 is 0 Å². The molecule has 0 radical (unpaired) electrons. The fraction of sp³-hybridized carbons (Fsp3) is 0.125. The van der Waals surface area contributed by atoms with Crippen LogP contribution < -0.4 is 15.9 Å². The van der Waals surface area contributed by atoms with Crippen molar-refractivity contribution < 1.29 is 9.53 Å². The summed E-state index contributed by atoms with van der Waals surface area (Å²) in [6, 6.07) is 26.9. The Labute approximate surface area is 190 Å². The highest BCUT2D eigenvalue weighted by molar-refractivity contribution is 7.99. The van der Waals surface area contributed by atoms with Gasteiger partial charge in [-0.3, -0.25) is 4.79 Å². The largest absolute Gasteiger partial charge is 0.496 e. The van der Waals surface area contributed by atoms with E-state index in [0.717, 1.165) is 16.7 Å². The van der Waals surface area contributed by atoms with Gasteiger partial charge >= 0.3 is 0 Å². The molecule has 32 heavy (non-hydrogen) atoms. The summed E-state index contributed by atoms with van der Waals surface area (Å²) >= 11 is 1.23. The number of methoxy groups -OCH3 is 1. The van der Waals surface area contributed by atoms with Crippen LogP contribution in [0.2, 0.25) is 0 Å². The molecular formula is C24H23N5O2S. The summed E-state index contributed by atoms with van der Waals surface area (Å²) < 4.78 is 6.76. The van der Waals surface area contributed by atoms with Crippen LogP contribution in [0.25, 0.3) is 11.4 Å². The number of nitrogens with zero attached hydrogens (tertiary/aromatic N) is 3. The van der Waals surface area contributed by atoms with Crippen LogP contribution >= 0.6 is 11.8 Å². The molecular weight excluding hydrogens is 422 g/mol. The predicted octanol–water partition coefficient (Wildman–Crippen LogP) is 3.67. The first kappa shape index (κ1) is 21.5. The molecule has 1 heterocycles. The lowest BCUT2D eigenvalue weighted by atomic mass is 9.99. The zero-order valence-corrected chi connectivity index (χ0v) is 18.3. The number of nitrogen functional groups attached to an aromatic ring is 1. The zero-order chi connectivity index (χ0) is 22.3. The van der Waals surface area contributed by atoms with Crippen LogP contribution in [0.5, 0.6) is 5.75 Å². The first-order valence-corrected chi connectivity index (χ1v) is 11.0. The molecule has 3 N–H and O–H groups in total. The maximum absolute atomic E-state index is 12.8. The highest BCUT2D eigenvalue weighted by Crippen LogP contribution is 2.29. The van der Waals surface area contributed by atoms with Crippen molar-refractivity contribution in [2.24, 2.45) is 0 Å². The lowest BCUT2D eigenvalue weighted by molar-refractivity contribution is -0.119. The highest BCUT2D eigenvalue weighted by Gasteiger charge is 2.19. The van der Waals surface area contributed by atoms with Crippen molar-refractivity contribution in [1.29, 1.82) is 0 Å². The van der Waals surface area contributed by atoms with Crippen molar-refractivity contribution in [1.82, 2.24) is 20.2 Å². The van der Waals surface area contributed by atoms with E-state index in [1.165, 1.54) is 16.4 Å². The Balaban J connectivity index is 1.47. The second-order valence-electron chi connectivity index (χ2n) is 6.99. The van der Waals surface area contributed by atoms with E-state index in [2.05, 4.69) is 15.5 Å². The summed E-state index contributed by atoms with van der Waals surface area (Å²) in [7, 11) is 1.59. The number of ether oxygens (including phenoxy) is 1. The van der Waals surface area contributed by atoms with E-state index in [9.17, 15) is 4.79 Å². The first-order valence-electron chi connectivity index (χ1n) is 10.0. The van der Waals surface area contributed by atoms with Gasteiger partial charge in [-0.2, -0.15) is 0 Å². The number of thioether (sulfide) groups is 1. The molecule has 0 unspecified atom stereocenters. The monoisotopic (exact) mass is 445 g/mol. The minimum absolute atomic E-state index is 0.130. The summed E-state index contributed by atoms with van der Waals surface area (Å²) in [4.78, 5) is 12.8. The number of rotatable bonds is 8. The summed E-state index contributed by atoms with van der Waals surface area (Å²) in [6.45, 7) is 0. The lowest BCUT2D eigenvalue weighted by Crippen LogP contribution is -2.30. The molecule has 0 fully saturated rings. The Morgan fingerprint density at radius 1 is 0.969 bits per heavy atom.